The predicted octanol–water partition coefficient (Wildman–Crippen LogP) is 7.60. The van der Waals surface area contributed by atoms with E-state index in [-0.39, 0.29) is 5.41 Å². The maximum Gasteiger partial charge on any atom is 0.329 e. The maximum atomic E-state index is 12.9. The van der Waals surface area contributed by atoms with Crippen LogP contribution in [-0.4, -0.2) is 84.4 Å². The first-order valence-electron chi connectivity index (χ1n) is 17.6. The molecular weight excluding hydrogens is 656 g/mol. The van der Waals surface area contributed by atoms with Crippen molar-refractivity contribution in [1.82, 2.24) is 14.8 Å². The van der Waals surface area contributed by atoms with Gasteiger partial charge in [0, 0.05) is 49.6 Å². The lowest BCUT2D eigenvalue weighted by atomic mass is 9.59. The van der Waals surface area contributed by atoms with E-state index < -0.39 is 11.5 Å². The largest absolute Gasteiger partial charge is 0.492 e. The van der Waals surface area contributed by atoms with Gasteiger partial charge in [0.25, 0.3) is 0 Å². The number of rotatable bonds is 12. The maximum absolute atomic E-state index is 12.9. The third-order valence-corrected chi connectivity index (χ3v) is 12.4. The Bertz CT molecular complexity index is 1760. The third-order valence-electron chi connectivity index (χ3n) is 11.3. The molecule has 260 valence electrons. The van der Waals surface area contributed by atoms with Gasteiger partial charge in [0.15, 0.2) is 0 Å². The number of carboxylic acid groups (broad SMARTS) is 1. The summed E-state index contributed by atoms with van der Waals surface area (Å²) in [5.74, 6) is 1.69. The van der Waals surface area contributed by atoms with Crippen LogP contribution < -0.4 is 14.8 Å². The number of benzene rings is 2. The van der Waals surface area contributed by atoms with E-state index in [0.717, 1.165) is 85.8 Å². The highest BCUT2D eigenvalue weighted by atomic mass is 35.5. The number of fused-ring (bicyclic) bond motifs is 3. The van der Waals surface area contributed by atoms with Crippen molar-refractivity contribution in [1.29, 1.82) is 0 Å². The molecule has 2 aromatic carbocycles. The van der Waals surface area contributed by atoms with Crippen LogP contribution in [0.15, 0.2) is 66.2 Å². The van der Waals surface area contributed by atoms with Crippen molar-refractivity contribution >= 4 is 44.8 Å². The molecule has 2 fully saturated rings. The molecule has 2 atom stereocenters. The van der Waals surface area contributed by atoms with Gasteiger partial charge in [-0.2, -0.15) is 0 Å². The monoisotopic (exact) mass is 702 g/mol. The van der Waals surface area contributed by atoms with Gasteiger partial charge in [0.2, 0.25) is 0 Å². The van der Waals surface area contributed by atoms with E-state index in [1.165, 1.54) is 11.1 Å². The van der Waals surface area contributed by atoms with Crippen molar-refractivity contribution in [3.63, 3.8) is 0 Å². The van der Waals surface area contributed by atoms with Crippen molar-refractivity contribution in [2.45, 2.75) is 56.4 Å². The van der Waals surface area contributed by atoms with Crippen LogP contribution >= 0.6 is 22.9 Å². The Morgan fingerprint density at radius 3 is 2.67 bits per heavy atom. The van der Waals surface area contributed by atoms with E-state index >= 15 is 0 Å². The summed E-state index contributed by atoms with van der Waals surface area (Å²) in [4.78, 5) is 22.3. The SMILES string of the molecule is C[C@@H](COc1ccnc2ccsc12)CC1Cc2ccc(OCCN3CCN(C)CC3)cc2C12CCC(Nc1cccc(Cl)c1)(C(=O)O)CC2. The second-order valence-corrected chi connectivity index (χ2v) is 15.8. The molecule has 0 bridgehead atoms. The zero-order valence-corrected chi connectivity index (χ0v) is 30.1. The quantitative estimate of drug-likeness (QED) is 0.156. The van der Waals surface area contributed by atoms with Crippen LogP contribution in [0.2, 0.25) is 5.02 Å². The molecule has 0 radical (unpaired) electrons. The van der Waals surface area contributed by atoms with Crippen molar-refractivity contribution in [3.8, 4) is 11.5 Å². The van der Waals surface area contributed by atoms with Gasteiger partial charge in [0.1, 0.15) is 23.6 Å². The molecular formula is C39H47ClN4O4S. The highest BCUT2D eigenvalue weighted by molar-refractivity contribution is 7.17. The number of nitrogens with one attached hydrogen (secondary N) is 1. The molecule has 1 spiro atoms. The number of pyridine rings is 1. The summed E-state index contributed by atoms with van der Waals surface area (Å²) in [6, 6.07) is 18.0. The number of anilines is 1. The van der Waals surface area contributed by atoms with Gasteiger partial charge >= 0.3 is 5.97 Å². The van der Waals surface area contributed by atoms with Crippen LogP contribution in [0.3, 0.4) is 0 Å². The lowest BCUT2D eigenvalue weighted by Gasteiger charge is -2.47. The summed E-state index contributed by atoms with van der Waals surface area (Å²) in [5.41, 5.74) is 3.24. The van der Waals surface area contributed by atoms with E-state index in [4.69, 9.17) is 21.1 Å². The molecule has 2 aromatic heterocycles. The molecule has 3 aliphatic rings. The number of hydrogen-bond donors (Lipinski definition) is 2. The second kappa shape index (κ2) is 14.5. The van der Waals surface area contributed by atoms with Crippen LogP contribution in [0, 0.1) is 11.8 Å². The second-order valence-electron chi connectivity index (χ2n) is 14.5. The fourth-order valence-electron chi connectivity index (χ4n) is 8.42. The molecule has 1 unspecified atom stereocenters. The molecule has 10 heteroatoms. The third kappa shape index (κ3) is 7.27. The number of nitrogens with zero attached hydrogens (tertiary/aromatic N) is 3. The Balaban J connectivity index is 1.10. The average Bonchev–Trinajstić information content (AvgIpc) is 3.69. The first-order valence-corrected chi connectivity index (χ1v) is 18.9. The number of hydrogen-bond acceptors (Lipinski definition) is 8. The first kappa shape index (κ1) is 34.1. The average molecular weight is 703 g/mol. The number of aromatic nitrogens is 1. The molecule has 8 nitrogen and oxygen atoms in total. The zero-order chi connectivity index (χ0) is 34.0. The molecule has 2 aliphatic carbocycles. The number of thiophene rings is 1. The van der Waals surface area contributed by atoms with E-state index in [2.05, 4.69) is 57.7 Å². The highest BCUT2D eigenvalue weighted by Crippen LogP contribution is 2.56. The summed E-state index contributed by atoms with van der Waals surface area (Å²) in [6.07, 6.45) is 6.40. The van der Waals surface area contributed by atoms with Crippen molar-refractivity contribution < 1.29 is 19.4 Å². The first-order chi connectivity index (χ1) is 23.7. The van der Waals surface area contributed by atoms with Gasteiger partial charge in [-0.3, -0.25) is 9.88 Å². The van der Waals surface area contributed by atoms with Gasteiger partial charge < -0.3 is 24.8 Å². The minimum atomic E-state index is -1.05. The smallest absolute Gasteiger partial charge is 0.329 e. The minimum absolute atomic E-state index is 0.132. The molecule has 0 amide bonds. The number of halogens is 1. The Morgan fingerprint density at radius 2 is 1.90 bits per heavy atom. The van der Waals surface area contributed by atoms with Crippen LogP contribution in [-0.2, 0) is 16.6 Å². The lowest BCUT2D eigenvalue weighted by molar-refractivity contribution is -0.144. The number of likely N-dealkylation sites (N-methyl/N-ethyl adjacent to an activating group) is 1. The van der Waals surface area contributed by atoms with Gasteiger partial charge in [-0.05, 0) is 122 Å². The van der Waals surface area contributed by atoms with E-state index in [1.54, 1.807) is 11.3 Å². The van der Waals surface area contributed by atoms with Crippen LogP contribution in [0.4, 0.5) is 5.69 Å². The number of carboxylic acids is 1. The molecule has 7 rings (SSSR count). The molecule has 1 saturated heterocycles. The molecule has 2 N–H and O–H groups in total. The number of carbonyl (C=O) groups is 1. The van der Waals surface area contributed by atoms with Crippen LogP contribution in [0.1, 0.15) is 50.2 Å². The fraction of sp³-hybridized carbons (Fsp3) is 0.487. The van der Waals surface area contributed by atoms with E-state index in [9.17, 15) is 9.90 Å². The zero-order valence-electron chi connectivity index (χ0n) is 28.5. The predicted molar refractivity (Wildman–Crippen MR) is 198 cm³/mol. The summed E-state index contributed by atoms with van der Waals surface area (Å²) < 4.78 is 13.9. The van der Waals surface area contributed by atoms with Gasteiger partial charge in [-0.15, -0.1) is 11.3 Å². The van der Waals surface area contributed by atoms with E-state index in [1.807, 2.05) is 42.6 Å². The van der Waals surface area contributed by atoms with E-state index in [0.29, 0.717) is 42.9 Å². The molecule has 4 aromatic rings. The van der Waals surface area contributed by atoms with Gasteiger partial charge in [-0.1, -0.05) is 30.7 Å². The van der Waals surface area contributed by atoms with Crippen molar-refractivity contribution in [2.75, 3.05) is 58.3 Å². The summed E-state index contributed by atoms with van der Waals surface area (Å²) in [6.45, 7) is 8.81. The molecule has 49 heavy (non-hydrogen) atoms. The summed E-state index contributed by atoms with van der Waals surface area (Å²) in [5, 5.41) is 16.7. The fourth-order valence-corrected chi connectivity index (χ4v) is 9.43. The number of ether oxygens (including phenoxy) is 2. The highest BCUT2D eigenvalue weighted by Gasteiger charge is 2.54. The minimum Gasteiger partial charge on any atom is -0.492 e. The van der Waals surface area contributed by atoms with Crippen molar-refractivity contribution in [3.05, 3.63) is 82.3 Å². The number of piperazine rings is 1. The Morgan fingerprint density at radius 1 is 1.08 bits per heavy atom. The van der Waals surface area contributed by atoms with Crippen molar-refractivity contribution in [2.24, 2.45) is 11.8 Å². The van der Waals surface area contributed by atoms with Gasteiger partial charge in [-0.25, -0.2) is 4.79 Å². The van der Waals surface area contributed by atoms with Gasteiger partial charge in [0.05, 0.1) is 16.8 Å². The topological polar surface area (TPSA) is 87.2 Å². The molecule has 1 saturated carbocycles. The Labute approximate surface area is 298 Å². The summed E-state index contributed by atoms with van der Waals surface area (Å²) in [7, 11) is 2.18. The molecule has 3 heterocycles. The van der Waals surface area contributed by atoms with Crippen LogP contribution in [0.25, 0.3) is 10.2 Å². The normalized spacial score (nSPS) is 24.9. The summed E-state index contributed by atoms with van der Waals surface area (Å²) >= 11 is 7.94. The Hall–Kier alpha value is -3.37. The number of aliphatic carboxylic acids is 1. The Kier molecular flexibility index (Phi) is 10.1. The standard InChI is InChI=1S/C39H47ClN4O4S/c1-27(26-48-35-8-14-41-34-9-21-49-36(34)35)22-29-23-28-6-7-32(47-20-19-44-17-15-43(2)16-18-44)25-33(28)38(29)10-12-39(13-11-38,37(45)46)42-31-5-3-4-30(40)24-31/h3-9,14,21,24-25,27,29,42H,10-13,15-20,22-23,26H2,1-2H3,(H,45,46)/t27-,29?,38?,39?/m1/s1. The molecule has 1 aliphatic heterocycles. The van der Waals surface area contributed by atoms with Crippen LogP contribution in [0.5, 0.6) is 11.5 Å². The lowest BCUT2D eigenvalue weighted by Crippen LogP contribution is -2.53.